The van der Waals surface area contributed by atoms with E-state index in [2.05, 4.69) is 15.5 Å². The predicted molar refractivity (Wildman–Crippen MR) is 115 cm³/mol. The van der Waals surface area contributed by atoms with Gasteiger partial charge in [-0.05, 0) is 31.2 Å². The molecular weight excluding hydrogens is 404 g/mol. The summed E-state index contributed by atoms with van der Waals surface area (Å²) in [4.78, 5) is 12.4. The molecule has 0 fully saturated rings. The predicted octanol–water partition coefficient (Wildman–Crippen LogP) is 3.70. The van der Waals surface area contributed by atoms with Crippen molar-refractivity contribution in [1.82, 2.24) is 14.8 Å². The van der Waals surface area contributed by atoms with Crippen LogP contribution < -0.4 is 19.5 Å². The Bertz CT molecular complexity index is 994. The maximum absolute atomic E-state index is 12.4. The number of nitrogens with one attached hydrogen (secondary N) is 1. The fraction of sp³-hybridized carbons (Fsp3) is 0.286. The Morgan fingerprint density at radius 1 is 1.10 bits per heavy atom. The molecule has 8 nitrogen and oxygen atoms in total. The average Bonchev–Trinajstić information content (AvgIpc) is 3.13. The molecule has 3 rings (SSSR count). The first kappa shape index (κ1) is 21.5. The van der Waals surface area contributed by atoms with Gasteiger partial charge in [0.15, 0.2) is 17.1 Å². The Balaban J connectivity index is 1.61. The summed E-state index contributed by atoms with van der Waals surface area (Å²) in [6.45, 7) is 1.91. The smallest absolute Gasteiger partial charge is 0.234 e. The number of amides is 1. The van der Waals surface area contributed by atoms with E-state index in [1.165, 1.54) is 11.8 Å². The number of para-hydroxylation sites is 1. The molecule has 1 atom stereocenters. The first-order valence-electron chi connectivity index (χ1n) is 9.27. The van der Waals surface area contributed by atoms with Crippen LogP contribution in [0.3, 0.4) is 0 Å². The van der Waals surface area contributed by atoms with Gasteiger partial charge >= 0.3 is 0 Å². The van der Waals surface area contributed by atoms with Crippen LogP contribution in [0.25, 0.3) is 0 Å². The number of hydrogen-bond acceptors (Lipinski definition) is 7. The molecule has 0 bridgehead atoms. The van der Waals surface area contributed by atoms with Gasteiger partial charge in [-0.2, -0.15) is 0 Å². The summed E-state index contributed by atoms with van der Waals surface area (Å²) in [5.41, 5.74) is 0.547. The minimum absolute atomic E-state index is 0.167. The van der Waals surface area contributed by atoms with Gasteiger partial charge in [-0.25, -0.2) is 0 Å². The van der Waals surface area contributed by atoms with Gasteiger partial charge in [0, 0.05) is 13.1 Å². The van der Waals surface area contributed by atoms with E-state index in [0.29, 0.717) is 28.2 Å². The number of carbonyl (C=O) groups excluding carboxylic acids is 1. The lowest BCUT2D eigenvalue weighted by atomic mass is 10.2. The van der Waals surface area contributed by atoms with Crippen LogP contribution >= 0.6 is 11.8 Å². The highest BCUT2D eigenvalue weighted by Gasteiger charge is 2.18. The van der Waals surface area contributed by atoms with Crippen LogP contribution in [0.4, 0.5) is 5.69 Å². The second-order valence-electron chi connectivity index (χ2n) is 6.38. The molecular formula is C21H24N4O4S. The van der Waals surface area contributed by atoms with Crippen molar-refractivity contribution in [2.24, 2.45) is 7.05 Å². The lowest BCUT2D eigenvalue weighted by molar-refractivity contribution is -0.113. The summed E-state index contributed by atoms with van der Waals surface area (Å²) in [6.07, 6.45) is -0.283. The second-order valence-corrected chi connectivity index (χ2v) is 7.32. The standard InChI is InChI=1S/C21H24N4O4S/c1-14(29-15-8-6-5-7-9-15)20-23-24-21(25(20)2)30-13-19(26)22-17-12-16(27-3)10-11-18(17)28-4/h5-12,14H,13H2,1-4H3,(H,22,26). The number of ether oxygens (including phenoxy) is 3. The molecule has 0 radical (unpaired) electrons. The lowest BCUT2D eigenvalue weighted by Crippen LogP contribution is -2.15. The first-order chi connectivity index (χ1) is 14.5. The number of rotatable bonds is 9. The molecule has 0 aliphatic carbocycles. The zero-order valence-corrected chi connectivity index (χ0v) is 18.1. The molecule has 158 valence electrons. The maximum Gasteiger partial charge on any atom is 0.234 e. The van der Waals surface area contributed by atoms with Crippen molar-refractivity contribution in [1.29, 1.82) is 0 Å². The van der Waals surface area contributed by atoms with Crippen molar-refractivity contribution in [2.75, 3.05) is 25.3 Å². The van der Waals surface area contributed by atoms with Crippen molar-refractivity contribution in [3.8, 4) is 17.2 Å². The molecule has 1 N–H and O–H groups in total. The van der Waals surface area contributed by atoms with Crippen LogP contribution in [-0.2, 0) is 11.8 Å². The highest BCUT2D eigenvalue weighted by atomic mass is 32.2. The number of thioether (sulfide) groups is 1. The third-order valence-corrected chi connectivity index (χ3v) is 5.32. The summed E-state index contributed by atoms with van der Waals surface area (Å²) >= 11 is 1.29. The third kappa shape index (κ3) is 5.24. The molecule has 0 aliphatic heterocycles. The molecule has 0 saturated carbocycles. The van der Waals surface area contributed by atoms with Crippen molar-refractivity contribution < 1.29 is 19.0 Å². The zero-order valence-electron chi connectivity index (χ0n) is 17.3. The van der Waals surface area contributed by atoms with Crippen LogP contribution in [-0.4, -0.2) is 40.6 Å². The van der Waals surface area contributed by atoms with Crippen LogP contribution in [0.2, 0.25) is 0 Å². The summed E-state index contributed by atoms with van der Waals surface area (Å²) < 4.78 is 18.2. The van der Waals surface area contributed by atoms with Crippen LogP contribution in [0, 0.1) is 0 Å². The van der Waals surface area contributed by atoms with Crippen molar-refractivity contribution in [3.63, 3.8) is 0 Å². The number of carbonyl (C=O) groups is 1. The Morgan fingerprint density at radius 3 is 2.57 bits per heavy atom. The average molecular weight is 429 g/mol. The fourth-order valence-corrected chi connectivity index (χ4v) is 3.51. The van der Waals surface area contributed by atoms with Crippen molar-refractivity contribution >= 4 is 23.4 Å². The van der Waals surface area contributed by atoms with E-state index in [1.807, 2.05) is 48.9 Å². The number of anilines is 1. The number of benzene rings is 2. The van der Waals surface area contributed by atoms with Gasteiger partial charge in [-0.15, -0.1) is 10.2 Å². The van der Waals surface area contributed by atoms with E-state index in [0.717, 1.165) is 5.75 Å². The van der Waals surface area contributed by atoms with Gasteiger partial charge in [0.2, 0.25) is 5.91 Å². The fourth-order valence-electron chi connectivity index (χ4n) is 2.79. The molecule has 2 aromatic carbocycles. The van der Waals surface area contributed by atoms with Gasteiger partial charge in [0.25, 0.3) is 0 Å². The topological polar surface area (TPSA) is 87.5 Å². The van der Waals surface area contributed by atoms with Crippen molar-refractivity contribution in [3.05, 3.63) is 54.4 Å². The molecule has 1 unspecified atom stereocenters. The minimum atomic E-state index is -0.283. The van der Waals surface area contributed by atoms with E-state index in [-0.39, 0.29) is 17.8 Å². The van der Waals surface area contributed by atoms with Crippen molar-refractivity contribution in [2.45, 2.75) is 18.2 Å². The molecule has 1 amide bonds. The number of nitrogens with zero attached hydrogens (tertiary/aromatic N) is 3. The molecule has 9 heteroatoms. The Labute approximate surface area is 179 Å². The normalized spacial score (nSPS) is 11.6. The van der Waals surface area contributed by atoms with Crippen LogP contribution in [0.15, 0.2) is 53.7 Å². The number of hydrogen-bond donors (Lipinski definition) is 1. The molecule has 3 aromatic rings. The Hall–Kier alpha value is -3.20. The molecule has 0 saturated heterocycles. The summed E-state index contributed by atoms with van der Waals surface area (Å²) in [6, 6.07) is 14.8. The largest absolute Gasteiger partial charge is 0.497 e. The highest BCUT2D eigenvalue weighted by molar-refractivity contribution is 7.99. The SMILES string of the molecule is COc1ccc(OC)c(NC(=O)CSc2nnc(C(C)Oc3ccccc3)n2C)c1. The monoisotopic (exact) mass is 428 g/mol. The quantitative estimate of drug-likeness (QED) is 0.520. The molecule has 1 aromatic heterocycles. The van der Waals surface area contributed by atoms with E-state index >= 15 is 0 Å². The van der Waals surface area contributed by atoms with Gasteiger partial charge in [0.1, 0.15) is 17.2 Å². The summed E-state index contributed by atoms with van der Waals surface area (Å²) in [5, 5.41) is 11.9. The maximum atomic E-state index is 12.4. The molecule has 0 aliphatic rings. The van der Waals surface area contributed by atoms with Gasteiger partial charge in [-0.1, -0.05) is 30.0 Å². The van der Waals surface area contributed by atoms with Gasteiger partial charge < -0.3 is 24.1 Å². The van der Waals surface area contributed by atoms with E-state index in [9.17, 15) is 4.79 Å². The Kier molecular flexibility index (Phi) is 7.18. The molecule has 1 heterocycles. The van der Waals surface area contributed by atoms with Crippen LogP contribution in [0.5, 0.6) is 17.2 Å². The zero-order chi connectivity index (χ0) is 21.5. The minimum Gasteiger partial charge on any atom is -0.497 e. The lowest BCUT2D eigenvalue weighted by Gasteiger charge is -2.14. The van der Waals surface area contributed by atoms with Gasteiger partial charge in [-0.3, -0.25) is 4.79 Å². The Morgan fingerprint density at radius 2 is 1.87 bits per heavy atom. The van der Waals surface area contributed by atoms with Gasteiger partial charge in [0.05, 0.1) is 25.7 Å². The van der Waals surface area contributed by atoms with E-state index in [4.69, 9.17) is 14.2 Å². The second kappa shape index (κ2) is 10.0. The van der Waals surface area contributed by atoms with E-state index < -0.39 is 0 Å². The molecule has 0 spiro atoms. The summed E-state index contributed by atoms with van der Waals surface area (Å²) in [5.74, 6) is 2.60. The van der Waals surface area contributed by atoms with E-state index in [1.54, 1.807) is 32.4 Å². The van der Waals surface area contributed by atoms with Crippen LogP contribution in [0.1, 0.15) is 18.9 Å². The third-order valence-electron chi connectivity index (χ3n) is 4.30. The first-order valence-corrected chi connectivity index (χ1v) is 10.3. The highest BCUT2D eigenvalue weighted by Crippen LogP contribution is 2.29. The molecule has 30 heavy (non-hydrogen) atoms. The number of methoxy groups -OCH3 is 2. The summed E-state index contributed by atoms with van der Waals surface area (Å²) in [7, 11) is 4.97. The number of aromatic nitrogens is 3.